The first-order valence-corrected chi connectivity index (χ1v) is 6.87. The van der Waals surface area contributed by atoms with Gasteiger partial charge in [0.1, 0.15) is 0 Å². The lowest BCUT2D eigenvalue weighted by atomic mass is 9.99. The van der Waals surface area contributed by atoms with Crippen molar-refractivity contribution < 1.29 is 4.79 Å². The number of nitrogens with two attached hydrogens (primary N) is 1. The molecule has 0 aromatic rings. The summed E-state index contributed by atoms with van der Waals surface area (Å²) in [5, 5.41) is 3.00. The summed E-state index contributed by atoms with van der Waals surface area (Å²) in [4.78, 5) is 14.3. The number of rotatable bonds is 6. The van der Waals surface area contributed by atoms with Crippen LogP contribution in [0.5, 0.6) is 0 Å². The molecule has 1 saturated heterocycles. The standard InChI is InChI=1S/C13H27N3O/c1-4-10(3)12(14)13(17)15-9-11-7-6-8-16(11)5-2/h10-12H,4-9,14H2,1-3H3,(H,15,17)/t10?,11?,12-/m0/s1. The van der Waals surface area contributed by atoms with Crippen LogP contribution in [0.25, 0.3) is 0 Å². The van der Waals surface area contributed by atoms with Gasteiger partial charge < -0.3 is 11.1 Å². The zero-order valence-electron chi connectivity index (χ0n) is 11.4. The van der Waals surface area contributed by atoms with Crippen molar-refractivity contribution in [1.82, 2.24) is 10.2 Å². The van der Waals surface area contributed by atoms with Crippen molar-refractivity contribution in [3.63, 3.8) is 0 Å². The molecule has 4 nitrogen and oxygen atoms in total. The average Bonchev–Trinajstić information content (AvgIpc) is 2.81. The third-order valence-corrected chi connectivity index (χ3v) is 3.98. The van der Waals surface area contributed by atoms with Crippen molar-refractivity contribution in [3.8, 4) is 0 Å². The summed E-state index contributed by atoms with van der Waals surface area (Å²) in [7, 11) is 0. The van der Waals surface area contributed by atoms with Gasteiger partial charge in [-0.3, -0.25) is 9.69 Å². The van der Waals surface area contributed by atoms with Crippen molar-refractivity contribution >= 4 is 5.91 Å². The summed E-state index contributed by atoms with van der Waals surface area (Å²) in [6.45, 7) is 9.24. The predicted molar refractivity (Wildman–Crippen MR) is 70.7 cm³/mol. The maximum absolute atomic E-state index is 11.8. The molecular formula is C13H27N3O. The highest BCUT2D eigenvalue weighted by atomic mass is 16.2. The summed E-state index contributed by atoms with van der Waals surface area (Å²) in [6, 6.07) is 0.143. The first-order valence-electron chi connectivity index (χ1n) is 6.87. The van der Waals surface area contributed by atoms with Crippen LogP contribution in [0.15, 0.2) is 0 Å². The fourth-order valence-electron chi connectivity index (χ4n) is 2.39. The van der Waals surface area contributed by atoms with Gasteiger partial charge in [0.2, 0.25) is 5.91 Å². The number of hydrogen-bond donors (Lipinski definition) is 2. The Labute approximate surface area is 105 Å². The summed E-state index contributed by atoms with van der Waals surface area (Å²) in [5.41, 5.74) is 5.90. The molecule has 0 aromatic heterocycles. The lowest BCUT2D eigenvalue weighted by molar-refractivity contribution is -0.123. The van der Waals surface area contributed by atoms with Gasteiger partial charge in [-0.25, -0.2) is 0 Å². The van der Waals surface area contributed by atoms with Crippen molar-refractivity contribution in [2.75, 3.05) is 19.6 Å². The van der Waals surface area contributed by atoms with Crippen LogP contribution in [0.4, 0.5) is 0 Å². The zero-order valence-corrected chi connectivity index (χ0v) is 11.4. The fraction of sp³-hybridized carbons (Fsp3) is 0.923. The number of carbonyl (C=O) groups is 1. The van der Waals surface area contributed by atoms with E-state index in [1.165, 1.54) is 12.8 Å². The number of nitrogens with zero attached hydrogens (tertiary/aromatic N) is 1. The van der Waals surface area contributed by atoms with Gasteiger partial charge in [-0.15, -0.1) is 0 Å². The van der Waals surface area contributed by atoms with Crippen molar-refractivity contribution in [2.24, 2.45) is 11.7 Å². The smallest absolute Gasteiger partial charge is 0.237 e. The SMILES string of the molecule is CCC(C)[C@H](N)C(=O)NCC1CCCN1CC. The van der Waals surface area contributed by atoms with E-state index < -0.39 is 0 Å². The lowest BCUT2D eigenvalue weighted by Gasteiger charge is -2.24. The van der Waals surface area contributed by atoms with Crippen LogP contribution in [-0.2, 0) is 4.79 Å². The van der Waals surface area contributed by atoms with Crippen LogP contribution >= 0.6 is 0 Å². The Kier molecular flexibility index (Phi) is 5.92. The zero-order chi connectivity index (χ0) is 12.8. The van der Waals surface area contributed by atoms with Crippen molar-refractivity contribution in [1.29, 1.82) is 0 Å². The molecule has 2 unspecified atom stereocenters. The summed E-state index contributed by atoms with van der Waals surface area (Å²) >= 11 is 0. The number of likely N-dealkylation sites (N-methyl/N-ethyl adjacent to an activating group) is 1. The first kappa shape index (κ1) is 14.5. The van der Waals surface area contributed by atoms with E-state index in [1.807, 2.05) is 6.92 Å². The van der Waals surface area contributed by atoms with Crippen LogP contribution < -0.4 is 11.1 Å². The Morgan fingerprint density at radius 1 is 1.53 bits per heavy atom. The Bertz CT molecular complexity index is 245. The second kappa shape index (κ2) is 6.97. The molecule has 3 atom stereocenters. The van der Waals surface area contributed by atoms with Gasteiger partial charge >= 0.3 is 0 Å². The molecule has 0 bridgehead atoms. The molecule has 1 fully saturated rings. The van der Waals surface area contributed by atoms with E-state index in [4.69, 9.17) is 5.73 Å². The van der Waals surface area contributed by atoms with E-state index in [0.29, 0.717) is 6.04 Å². The van der Waals surface area contributed by atoms with E-state index in [2.05, 4.69) is 24.1 Å². The third kappa shape index (κ3) is 3.96. The van der Waals surface area contributed by atoms with E-state index in [1.54, 1.807) is 0 Å². The Morgan fingerprint density at radius 2 is 2.24 bits per heavy atom. The van der Waals surface area contributed by atoms with Gasteiger partial charge in [-0.05, 0) is 31.8 Å². The molecule has 17 heavy (non-hydrogen) atoms. The number of hydrogen-bond acceptors (Lipinski definition) is 3. The molecule has 0 aliphatic carbocycles. The molecule has 0 saturated carbocycles. The number of amides is 1. The molecule has 1 heterocycles. The second-order valence-electron chi connectivity index (χ2n) is 5.08. The summed E-state index contributed by atoms with van der Waals surface area (Å²) in [6.07, 6.45) is 3.37. The van der Waals surface area contributed by atoms with Gasteiger partial charge in [-0.2, -0.15) is 0 Å². The van der Waals surface area contributed by atoms with E-state index >= 15 is 0 Å². The van der Waals surface area contributed by atoms with Crippen LogP contribution in [0.1, 0.15) is 40.0 Å². The lowest BCUT2D eigenvalue weighted by Crippen LogP contribution is -2.48. The molecule has 1 rings (SSSR count). The van der Waals surface area contributed by atoms with Crippen molar-refractivity contribution in [2.45, 2.75) is 52.1 Å². The average molecular weight is 241 g/mol. The normalized spacial score (nSPS) is 24.6. The Hall–Kier alpha value is -0.610. The molecule has 0 spiro atoms. The second-order valence-corrected chi connectivity index (χ2v) is 5.08. The van der Waals surface area contributed by atoms with Crippen LogP contribution in [-0.4, -0.2) is 42.5 Å². The molecule has 4 heteroatoms. The minimum Gasteiger partial charge on any atom is -0.353 e. The first-order chi connectivity index (χ1) is 8.10. The quantitative estimate of drug-likeness (QED) is 0.728. The third-order valence-electron chi connectivity index (χ3n) is 3.98. The van der Waals surface area contributed by atoms with Gasteiger partial charge in [0.25, 0.3) is 0 Å². The predicted octanol–water partition coefficient (Wildman–Crippen LogP) is 0.960. The van der Waals surface area contributed by atoms with Gasteiger partial charge in [0.15, 0.2) is 0 Å². The van der Waals surface area contributed by atoms with E-state index in [0.717, 1.165) is 26.1 Å². The topological polar surface area (TPSA) is 58.4 Å². The van der Waals surface area contributed by atoms with Gasteiger partial charge in [0, 0.05) is 12.6 Å². The Balaban J connectivity index is 2.32. The minimum atomic E-state index is -0.364. The Morgan fingerprint density at radius 3 is 2.82 bits per heavy atom. The number of likely N-dealkylation sites (tertiary alicyclic amines) is 1. The molecule has 1 aliphatic heterocycles. The maximum Gasteiger partial charge on any atom is 0.237 e. The van der Waals surface area contributed by atoms with Gasteiger partial charge in [-0.1, -0.05) is 27.2 Å². The largest absolute Gasteiger partial charge is 0.353 e. The molecule has 0 aromatic carbocycles. The fourth-order valence-corrected chi connectivity index (χ4v) is 2.39. The molecule has 0 radical (unpaired) electrons. The van der Waals surface area contributed by atoms with Crippen LogP contribution in [0.2, 0.25) is 0 Å². The highest BCUT2D eigenvalue weighted by Gasteiger charge is 2.25. The highest BCUT2D eigenvalue weighted by molar-refractivity contribution is 5.81. The molecular weight excluding hydrogens is 214 g/mol. The highest BCUT2D eigenvalue weighted by Crippen LogP contribution is 2.15. The van der Waals surface area contributed by atoms with Gasteiger partial charge in [0.05, 0.1) is 6.04 Å². The van der Waals surface area contributed by atoms with Crippen LogP contribution in [0.3, 0.4) is 0 Å². The molecule has 3 N–H and O–H groups in total. The van der Waals surface area contributed by atoms with Crippen molar-refractivity contribution in [3.05, 3.63) is 0 Å². The minimum absolute atomic E-state index is 0.00213. The van der Waals surface area contributed by atoms with Crippen LogP contribution in [0, 0.1) is 5.92 Å². The monoisotopic (exact) mass is 241 g/mol. The number of carbonyl (C=O) groups excluding carboxylic acids is 1. The molecule has 100 valence electrons. The summed E-state index contributed by atoms with van der Waals surface area (Å²) < 4.78 is 0. The number of nitrogens with one attached hydrogen (secondary N) is 1. The van der Waals surface area contributed by atoms with E-state index in [9.17, 15) is 4.79 Å². The van der Waals surface area contributed by atoms with E-state index in [-0.39, 0.29) is 17.9 Å². The molecule has 1 amide bonds. The molecule has 1 aliphatic rings. The summed E-state index contributed by atoms with van der Waals surface area (Å²) in [5.74, 6) is 0.253. The maximum atomic E-state index is 11.8.